The number of nitrogens with zero attached hydrogens (tertiary/aromatic N) is 2. The number of carbonyl (C=O) groups is 1. The van der Waals surface area contributed by atoms with Crippen LogP contribution >= 0.6 is 23.7 Å². The number of likely N-dealkylation sites (tertiary alicyclic amines) is 1. The highest BCUT2D eigenvalue weighted by atomic mass is 35.5. The van der Waals surface area contributed by atoms with Crippen LogP contribution in [0.3, 0.4) is 0 Å². The van der Waals surface area contributed by atoms with E-state index in [1.165, 1.54) is 17.4 Å². The molecule has 20 heavy (non-hydrogen) atoms. The summed E-state index contributed by atoms with van der Waals surface area (Å²) >= 11 is 1.20. The summed E-state index contributed by atoms with van der Waals surface area (Å²) < 4.78 is 0. The minimum absolute atomic E-state index is 0. The Labute approximate surface area is 127 Å². The van der Waals surface area contributed by atoms with Gasteiger partial charge in [0.1, 0.15) is 0 Å². The number of amides is 1. The van der Waals surface area contributed by atoms with Crippen molar-refractivity contribution in [2.45, 2.75) is 13.3 Å². The van der Waals surface area contributed by atoms with E-state index < -0.39 is 4.92 Å². The lowest BCUT2D eigenvalue weighted by molar-refractivity contribution is -0.385. The molecule has 1 saturated heterocycles. The number of carbonyl (C=O) groups excluding carboxylic acids is 1. The van der Waals surface area contributed by atoms with E-state index in [4.69, 9.17) is 0 Å². The average Bonchev–Trinajstić information content (AvgIpc) is 2.95. The zero-order valence-corrected chi connectivity index (χ0v) is 13.1. The first-order valence-corrected chi connectivity index (χ1v) is 7.03. The molecule has 1 aromatic rings. The molecule has 1 fully saturated rings. The van der Waals surface area contributed by atoms with Crippen LogP contribution in [0.25, 0.3) is 0 Å². The van der Waals surface area contributed by atoms with Crippen molar-refractivity contribution in [2.75, 3.05) is 26.7 Å². The van der Waals surface area contributed by atoms with E-state index in [-0.39, 0.29) is 24.0 Å². The quantitative estimate of drug-likeness (QED) is 0.681. The molecule has 0 radical (unpaired) electrons. The van der Waals surface area contributed by atoms with Crippen LogP contribution in [0.4, 0.5) is 5.69 Å². The number of nitro groups is 1. The van der Waals surface area contributed by atoms with Gasteiger partial charge in [0.25, 0.3) is 11.6 Å². The van der Waals surface area contributed by atoms with Gasteiger partial charge in [-0.3, -0.25) is 14.9 Å². The third-order valence-electron chi connectivity index (χ3n) is 3.36. The second kappa shape index (κ2) is 7.01. The normalized spacial score (nSPS) is 17.9. The summed E-state index contributed by atoms with van der Waals surface area (Å²) in [6.07, 6.45) is 0.985. The lowest BCUT2D eigenvalue weighted by Gasteiger charge is -2.15. The van der Waals surface area contributed by atoms with Crippen LogP contribution < -0.4 is 5.32 Å². The van der Waals surface area contributed by atoms with Crippen LogP contribution in [0, 0.1) is 23.0 Å². The number of hydrogen-bond donors (Lipinski definition) is 1. The maximum Gasteiger partial charge on any atom is 0.283 e. The Balaban J connectivity index is 0.00000200. The van der Waals surface area contributed by atoms with Crippen LogP contribution in [0.5, 0.6) is 0 Å². The average molecular weight is 320 g/mol. The predicted octanol–water partition coefficient (Wildman–Crippen LogP) is 2.07. The van der Waals surface area contributed by atoms with Crippen molar-refractivity contribution in [1.29, 1.82) is 0 Å². The van der Waals surface area contributed by atoms with Crippen molar-refractivity contribution >= 4 is 35.3 Å². The van der Waals surface area contributed by atoms with Gasteiger partial charge in [-0.05, 0) is 32.9 Å². The van der Waals surface area contributed by atoms with Gasteiger partial charge in [0.2, 0.25) is 0 Å². The molecule has 0 spiro atoms. The van der Waals surface area contributed by atoms with E-state index in [1.54, 1.807) is 11.8 Å². The molecule has 0 bridgehead atoms. The van der Waals surface area contributed by atoms with Crippen molar-refractivity contribution in [3.05, 3.63) is 25.9 Å². The van der Waals surface area contributed by atoms with Crippen molar-refractivity contribution < 1.29 is 9.72 Å². The van der Waals surface area contributed by atoms with Gasteiger partial charge >= 0.3 is 0 Å². The first-order valence-electron chi connectivity index (χ1n) is 6.21. The first kappa shape index (κ1) is 16.9. The van der Waals surface area contributed by atoms with Crippen molar-refractivity contribution in [2.24, 2.45) is 5.92 Å². The minimum atomic E-state index is -0.434. The standard InChI is InChI=1S/C12H17N3O3S.ClH/c1-8-10(15(17)18)5-11(19-8)12(16)14-4-3-9(7-14)6-13-2;/h5,9,13H,3-4,6-7H2,1-2H3;1H. The van der Waals surface area contributed by atoms with Crippen molar-refractivity contribution in [1.82, 2.24) is 10.2 Å². The Hall–Kier alpha value is -1.18. The summed E-state index contributed by atoms with van der Waals surface area (Å²) in [6, 6.07) is 1.40. The van der Waals surface area contributed by atoms with Crippen LogP contribution in [-0.2, 0) is 0 Å². The Morgan fingerprint density at radius 3 is 2.90 bits per heavy atom. The molecule has 6 nitrogen and oxygen atoms in total. The first-order chi connectivity index (χ1) is 9.02. The molecule has 8 heteroatoms. The van der Waals surface area contributed by atoms with E-state index >= 15 is 0 Å². The van der Waals surface area contributed by atoms with E-state index in [1.807, 2.05) is 7.05 Å². The highest BCUT2D eigenvalue weighted by Gasteiger charge is 2.29. The fourth-order valence-corrected chi connectivity index (χ4v) is 3.34. The molecular weight excluding hydrogens is 302 g/mol. The summed E-state index contributed by atoms with van der Waals surface area (Å²) in [4.78, 5) is 25.5. The number of nitrogens with one attached hydrogen (secondary N) is 1. The van der Waals surface area contributed by atoms with E-state index in [9.17, 15) is 14.9 Å². The van der Waals surface area contributed by atoms with E-state index in [0.29, 0.717) is 15.7 Å². The molecule has 1 amide bonds. The molecular formula is C12H18ClN3O3S. The monoisotopic (exact) mass is 319 g/mol. The summed E-state index contributed by atoms with van der Waals surface area (Å²) in [7, 11) is 1.90. The lowest BCUT2D eigenvalue weighted by Crippen LogP contribution is -2.29. The minimum Gasteiger partial charge on any atom is -0.338 e. The molecule has 1 aliphatic heterocycles. The van der Waals surface area contributed by atoms with E-state index in [0.717, 1.165) is 26.1 Å². The number of aryl methyl sites for hydroxylation is 1. The zero-order valence-electron chi connectivity index (χ0n) is 11.4. The molecule has 0 aromatic carbocycles. The van der Waals surface area contributed by atoms with Gasteiger partial charge in [0.15, 0.2) is 0 Å². The maximum absolute atomic E-state index is 12.3. The number of hydrogen-bond acceptors (Lipinski definition) is 5. The SMILES string of the molecule is CNCC1CCN(C(=O)c2cc([N+](=O)[O-])c(C)s2)C1.Cl. The Morgan fingerprint density at radius 1 is 1.65 bits per heavy atom. The maximum atomic E-state index is 12.3. The molecule has 1 aliphatic rings. The van der Waals surface area contributed by atoms with Crippen LogP contribution in [-0.4, -0.2) is 42.4 Å². The molecule has 0 saturated carbocycles. The van der Waals surface area contributed by atoms with Crippen molar-refractivity contribution in [3.8, 4) is 0 Å². The van der Waals surface area contributed by atoms with E-state index in [2.05, 4.69) is 5.32 Å². The summed E-state index contributed by atoms with van der Waals surface area (Å²) in [5.74, 6) is 0.393. The number of halogens is 1. The Bertz CT molecular complexity index is 506. The van der Waals surface area contributed by atoms with Crippen molar-refractivity contribution in [3.63, 3.8) is 0 Å². The van der Waals surface area contributed by atoms with Crippen LogP contribution in [0.15, 0.2) is 6.07 Å². The van der Waals surface area contributed by atoms with Crippen LogP contribution in [0.1, 0.15) is 21.0 Å². The summed E-state index contributed by atoms with van der Waals surface area (Å²) in [6.45, 7) is 4.03. The fourth-order valence-electron chi connectivity index (χ4n) is 2.39. The second-order valence-electron chi connectivity index (χ2n) is 4.77. The predicted molar refractivity (Wildman–Crippen MR) is 80.9 cm³/mol. The molecule has 1 unspecified atom stereocenters. The van der Waals surface area contributed by atoms with Gasteiger partial charge in [-0.2, -0.15) is 0 Å². The molecule has 0 aliphatic carbocycles. The highest BCUT2D eigenvalue weighted by molar-refractivity contribution is 7.14. The molecule has 2 heterocycles. The van der Waals surface area contributed by atoms with Crippen LogP contribution in [0.2, 0.25) is 0 Å². The largest absolute Gasteiger partial charge is 0.338 e. The second-order valence-corrected chi connectivity index (χ2v) is 6.03. The molecule has 1 aromatic heterocycles. The van der Waals surface area contributed by atoms with Gasteiger partial charge in [-0.15, -0.1) is 23.7 Å². The Kier molecular flexibility index (Phi) is 5.91. The highest BCUT2D eigenvalue weighted by Crippen LogP contribution is 2.30. The van der Waals surface area contributed by atoms with Gasteiger partial charge < -0.3 is 10.2 Å². The smallest absolute Gasteiger partial charge is 0.283 e. The zero-order chi connectivity index (χ0) is 14.0. The summed E-state index contributed by atoms with van der Waals surface area (Å²) in [5.41, 5.74) is 0.0410. The third-order valence-corrected chi connectivity index (χ3v) is 4.39. The van der Waals surface area contributed by atoms with Gasteiger partial charge in [0.05, 0.1) is 14.7 Å². The van der Waals surface area contributed by atoms with Gasteiger partial charge in [-0.25, -0.2) is 0 Å². The fraction of sp³-hybridized carbons (Fsp3) is 0.583. The summed E-state index contributed by atoms with van der Waals surface area (Å²) in [5, 5.41) is 13.9. The molecule has 1 N–H and O–H groups in total. The Morgan fingerprint density at radius 2 is 2.35 bits per heavy atom. The lowest BCUT2D eigenvalue weighted by atomic mass is 10.1. The number of thiophene rings is 1. The topological polar surface area (TPSA) is 75.5 Å². The third kappa shape index (κ3) is 3.47. The number of rotatable bonds is 4. The van der Waals surface area contributed by atoms with Gasteiger partial charge in [0, 0.05) is 19.2 Å². The molecule has 1 atom stereocenters. The van der Waals surface area contributed by atoms with Gasteiger partial charge in [-0.1, -0.05) is 0 Å². The molecule has 112 valence electrons. The molecule has 2 rings (SSSR count).